The van der Waals surface area contributed by atoms with Gasteiger partial charge in [0, 0.05) is 0 Å². The molecule has 0 aromatic carbocycles. The minimum absolute atomic E-state index is 0.179. The summed E-state index contributed by atoms with van der Waals surface area (Å²) in [5.41, 5.74) is 1.98. The Morgan fingerprint density at radius 2 is 2.33 bits per heavy atom. The van der Waals surface area contributed by atoms with Crippen molar-refractivity contribution >= 4 is 11.8 Å². The molecule has 0 fully saturated rings. The van der Waals surface area contributed by atoms with Crippen LogP contribution in [0.25, 0.3) is 11.3 Å². The van der Waals surface area contributed by atoms with E-state index >= 15 is 0 Å². The molecule has 7 heteroatoms. The molecule has 7 nitrogen and oxygen atoms in total. The van der Waals surface area contributed by atoms with E-state index in [4.69, 9.17) is 5.11 Å². The monoisotopic (exact) mass is 246 g/mol. The molecule has 2 aromatic heterocycles. The van der Waals surface area contributed by atoms with Crippen LogP contribution in [0.4, 0.5) is 5.82 Å². The van der Waals surface area contributed by atoms with E-state index in [0.29, 0.717) is 11.4 Å². The Hall–Kier alpha value is -2.44. The summed E-state index contributed by atoms with van der Waals surface area (Å²) in [7, 11) is 0. The van der Waals surface area contributed by atoms with Crippen molar-refractivity contribution in [2.24, 2.45) is 0 Å². The maximum Gasteiger partial charge on any atom is 0.337 e. The first-order valence-electron chi connectivity index (χ1n) is 5.60. The number of nitrogens with zero attached hydrogens (tertiary/aromatic N) is 3. The molecule has 92 valence electrons. The maximum absolute atomic E-state index is 11.1. The molecule has 0 saturated carbocycles. The van der Waals surface area contributed by atoms with E-state index in [1.165, 1.54) is 0 Å². The summed E-state index contributed by atoms with van der Waals surface area (Å²) in [6, 6.07) is 1.55. The second-order valence-corrected chi connectivity index (χ2v) is 4.15. The number of carboxylic acid groups (broad SMARTS) is 1. The van der Waals surface area contributed by atoms with E-state index in [0.717, 1.165) is 24.5 Å². The number of rotatable bonds is 2. The summed E-state index contributed by atoms with van der Waals surface area (Å²) >= 11 is 0. The van der Waals surface area contributed by atoms with Gasteiger partial charge in [-0.15, -0.1) is 5.10 Å². The second-order valence-electron chi connectivity index (χ2n) is 4.15. The van der Waals surface area contributed by atoms with Crippen LogP contribution in [0.1, 0.15) is 16.1 Å². The highest BCUT2D eigenvalue weighted by Crippen LogP contribution is 2.25. The Kier molecular flexibility index (Phi) is 2.26. The first-order valence-corrected chi connectivity index (χ1v) is 5.60. The molecule has 0 atom stereocenters. The summed E-state index contributed by atoms with van der Waals surface area (Å²) in [5.74, 6) is -0.0686. The lowest BCUT2D eigenvalue weighted by Crippen LogP contribution is -2.32. The van der Waals surface area contributed by atoms with Gasteiger partial charge < -0.3 is 5.11 Å². The van der Waals surface area contributed by atoms with E-state index in [9.17, 15) is 4.79 Å². The zero-order valence-electron chi connectivity index (χ0n) is 9.77. The molecule has 0 amide bonds. The number of nitrogens with one attached hydrogen (secondary N) is 2. The van der Waals surface area contributed by atoms with Crippen LogP contribution in [-0.4, -0.2) is 32.9 Å². The number of hydrogen-bond donors (Lipinski definition) is 3. The Bertz CT molecular complexity index is 634. The van der Waals surface area contributed by atoms with Crippen molar-refractivity contribution in [3.63, 3.8) is 0 Å². The highest BCUT2D eigenvalue weighted by Gasteiger charge is 2.26. The lowest BCUT2D eigenvalue weighted by molar-refractivity contribution is -0.725. The fourth-order valence-electron chi connectivity index (χ4n) is 2.07. The Morgan fingerprint density at radius 3 is 3.11 bits per heavy atom. The highest BCUT2D eigenvalue weighted by atomic mass is 16.4. The number of aryl methyl sites for hydroxylation is 1. The average Bonchev–Trinajstić information content (AvgIpc) is 2.91. The fourth-order valence-corrected chi connectivity index (χ4v) is 2.07. The van der Waals surface area contributed by atoms with E-state index < -0.39 is 5.97 Å². The van der Waals surface area contributed by atoms with Gasteiger partial charge in [0.25, 0.3) is 0 Å². The quantitative estimate of drug-likeness (QED) is 0.657. The van der Waals surface area contributed by atoms with Gasteiger partial charge in [-0.1, -0.05) is 0 Å². The molecular formula is C11H12N5O2+. The minimum Gasteiger partial charge on any atom is -0.478 e. The topological polar surface area (TPSA) is 94.8 Å². The number of aromatic carboxylic acids is 1. The fraction of sp³-hybridized carbons (Fsp3) is 0.273. The Labute approximate surface area is 102 Å². The Balaban J connectivity index is 2.12. The summed E-state index contributed by atoms with van der Waals surface area (Å²) < 4.78 is 1.96. The van der Waals surface area contributed by atoms with Crippen LogP contribution in [0.5, 0.6) is 0 Å². The molecule has 0 unspecified atom stereocenters. The standard InChI is InChI=1S/C11H11N5O2/c1-6-7(11(17)18)4-9(15-14-6)8-5-13-16-3-2-12-10(8)16/h4-5H,2-3H2,1H3,(H2,12,13,15,17,18)/p+1. The number of aromatic amines is 1. The predicted octanol–water partition coefficient (Wildman–Crippen LogP) is 0.191. The third-order valence-electron chi connectivity index (χ3n) is 3.00. The Morgan fingerprint density at radius 1 is 1.50 bits per heavy atom. The molecule has 0 spiro atoms. The molecule has 2 aromatic rings. The van der Waals surface area contributed by atoms with Crippen LogP contribution >= 0.6 is 0 Å². The van der Waals surface area contributed by atoms with E-state index in [1.54, 1.807) is 19.2 Å². The smallest absolute Gasteiger partial charge is 0.337 e. The largest absolute Gasteiger partial charge is 0.478 e. The number of carboxylic acids is 1. The van der Waals surface area contributed by atoms with Crippen molar-refractivity contribution in [1.82, 2.24) is 15.3 Å². The van der Waals surface area contributed by atoms with Crippen LogP contribution in [-0.2, 0) is 6.54 Å². The number of anilines is 1. The van der Waals surface area contributed by atoms with Gasteiger partial charge in [0.2, 0.25) is 0 Å². The van der Waals surface area contributed by atoms with Crippen LogP contribution in [0, 0.1) is 6.92 Å². The van der Waals surface area contributed by atoms with Gasteiger partial charge in [0.05, 0.1) is 17.5 Å². The third-order valence-corrected chi connectivity index (χ3v) is 3.00. The number of hydrogen-bond acceptors (Lipinski definition) is 4. The van der Waals surface area contributed by atoms with E-state index in [1.807, 2.05) is 4.68 Å². The van der Waals surface area contributed by atoms with Gasteiger partial charge >= 0.3 is 11.8 Å². The molecular weight excluding hydrogens is 234 g/mol. The summed E-state index contributed by atoms with van der Waals surface area (Å²) in [6.45, 7) is 3.35. The average molecular weight is 246 g/mol. The van der Waals surface area contributed by atoms with Crippen molar-refractivity contribution < 1.29 is 14.6 Å². The molecule has 0 aliphatic carbocycles. The molecule has 3 N–H and O–H groups in total. The van der Waals surface area contributed by atoms with Gasteiger partial charge in [-0.05, 0) is 13.0 Å². The minimum atomic E-state index is -0.989. The maximum atomic E-state index is 11.1. The van der Waals surface area contributed by atoms with E-state index in [-0.39, 0.29) is 5.56 Å². The van der Waals surface area contributed by atoms with Gasteiger partial charge in [-0.3, -0.25) is 5.32 Å². The van der Waals surface area contributed by atoms with Crippen molar-refractivity contribution in [1.29, 1.82) is 0 Å². The molecule has 18 heavy (non-hydrogen) atoms. The van der Waals surface area contributed by atoms with E-state index in [2.05, 4.69) is 20.6 Å². The molecule has 0 bridgehead atoms. The first-order chi connectivity index (χ1) is 8.66. The lowest BCUT2D eigenvalue weighted by atomic mass is 10.1. The van der Waals surface area contributed by atoms with Crippen molar-refractivity contribution in [2.45, 2.75) is 13.5 Å². The summed E-state index contributed by atoms with van der Waals surface area (Å²) in [5, 5.41) is 23.4. The zero-order valence-corrected chi connectivity index (χ0v) is 9.77. The summed E-state index contributed by atoms with van der Waals surface area (Å²) in [6.07, 6.45) is 1.80. The number of H-pyrrole nitrogens is 1. The van der Waals surface area contributed by atoms with Gasteiger partial charge in [0.15, 0.2) is 0 Å². The third kappa shape index (κ3) is 1.52. The normalized spacial score (nSPS) is 13.2. The number of aromatic nitrogens is 4. The van der Waals surface area contributed by atoms with Gasteiger partial charge in [-0.25, -0.2) is 9.89 Å². The lowest BCUT2D eigenvalue weighted by Gasteiger charge is -2.01. The zero-order chi connectivity index (χ0) is 12.7. The molecule has 3 rings (SSSR count). The van der Waals surface area contributed by atoms with Crippen LogP contribution in [0.2, 0.25) is 0 Å². The molecule has 0 radical (unpaired) electrons. The summed E-state index contributed by atoms with van der Waals surface area (Å²) in [4.78, 5) is 11.1. The van der Waals surface area contributed by atoms with Crippen molar-refractivity contribution in [2.75, 3.05) is 11.9 Å². The van der Waals surface area contributed by atoms with Gasteiger partial charge in [0.1, 0.15) is 24.3 Å². The van der Waals surface area contributed by atoms with Crippen molar-refractivity contribution in [3.05, 3.63) is 23.5 Å². The van der Waals surface area contributed by atoms with Crippen LogP contribution in [0.3, 0.4) is 0 Å². The molecule has 1 aliphatic rings. The first kappa shape index (κ1) is 10.7. The van der Waals surface area contributed by atoms with Gasteiger partial charge in [-0.2, -0.15) is 9.78 Å². The second kappa shape index (κ2) is 3.80. The number of carbonyl (C=O) groups is 1. The van der Waals surface area contributed by atoms with Crippen molar-refractivity contribution in [3.8, 4) is 11.3 Å². The molecule has 3 heterocycles. The number of fused-ring (bicyclic) bond motifs is 1. The molecule has 0 saturated heterocycles. The molecule has 1 aliphatic heterocycles. The highest BCUT2D eigenvalue weighted by molar-refractivity contribution is 5.90. The SMILES string of the molecule is Cc1nnc(-c2c[nH][n+]3c2NCC3)cc1C(=O)O. The predicted molar refractivity (Wildman–Crippen MR) is 62.2 cm³/mol. The van der Waals surface area contributed by atoms with Crippen LogP contribution in [0.15, 0.2) is 12.3 Å². The van der Waals surface area contributed by atoms with Crippen LogP contribution < -0.4 is 10.00 Å².